The van der Waals surface area contributed by atoms with E-state index in [1.807, 2.05) is 6.92 Å². The van der Waals surface area contributed by atoms with E-state index in [4.69, 9.17) is 0 Å². The van der Waals surface area contributed by atoms with Crippen LogP contribution in [0.25, 0.3) is 0 Å². The zero-order valence-electron chi connectivity index (χ0n) is 11.9. The number of rotatable bonds is 5. The van der Waals surface area contributed by atoms with Gasteiger partial charge in [-0.2, -0.15) is 0 Å². The molecule has 0 bridgehead atoms. The summed E-state index contributed by atoms with van der Waals surface area (Å²) in [7, 11) is 0. The van der Waals surface area contributed by atoms with Crippen LogP contribution < -0.4 is 10.9 Å². The average Bonchev–Trinajstić information content (AvgIpc) is 2.40. The molecule has 5 nitrogen and oxygen atoms in total. The van der Waals surface area contributed by atoms with Crippen LogP contribution in [0, 0.1) is 5.92 Å². The van der Waals surface area contributed by atoms with E-state index in [0.29, 0.717) is 5.82 Å². The number of aromatic nitrogens is 2. The van der Waals surface area contributed by atoms with E-state index in [2.05, 4.69) is 27.1 Å². The zero-order valence-corrected chi connectivity index (χ0v) is 11.9. The largest absolute Gasteiger partial charge is 0.369 e. The van der Waals surface area contributed by atoms with Gasteiger partial charge in [0.25, 0.3) is 5.56 Å². The van der Waals surface area contributed by atoms with Gasteiger partial charge in [-0.25, -0.2) is 4.98 Å². The Morgan fingerprint density at radius 3 is 2.89 bits per heavy atom. The fourth-order valence-electron chi connectivity index (χ4n) is 2.39. The van der Waals surface area contributed by atoms with Crippen LogP contribution in [-0.2, 0) is 6.42 Å². The summed E-state index contributed by atoms with van der Waals surface area (Å²) in [5.74, 6) is 2.29. The van der Waals surface area contributed by atoms with Crippen molar-refractivity contribution in [1.29, 1.82) is 0 Å². The van der Waals surface area contributed by atoms with Crippen molar-refractivity contribution >= 4 is 5.82 Å². The van der Waals surface area contributed by atoms with Gasteiger partial charge in [0, 0.05) is 25.6 Å². The summed E-state index contributed by atoms with van der Waals surface area (Å²) in [6, 6.07) is 1.53. The molecule has 1 aliphatic rings. The average molecular weight is 264 g/mol. The Bertz CT molecular complexity index is 449. The first kappa shape index (κ1) is 14.1. The molecule has 0 aliphatic carbocycles. The predicted molar refractivity (Wildman–Crippen MR) is 77.6 cm³/mol. The molecule has 0 saturated carbocycles. The van der Waals surface area contributed by atoms with Crippen molar-refractivity contribution in [2.45, 2.75) is 33.1 Å². The normalized spacial score (nSPS) is 17.6. The van der Waals surface area contributed by atoms with E-state index in [1.165, 1.54) is 32.0 Å². The molecule has 106 valence electrons. The minimum Gasteiger partial charge on any atom is -0.369 e. The molecule has 1 fully saturated rings. The Morgan fingerprint density at radius 2 is 2.21 bits per heavy atom. The van der Waals surface area contributed by atoms with Crippen molar-refractivity contribution < 1.29 is 0 Å². The van der Waals surface area contributed by atoms with Gasteiger partial charge in [0.2, 0.25) is 0 Å². The summed E-state index contributed by atoms with van der Waals surface area (Å²) < 4.78 is 0. The third-order valence-corrected chi connectivity index (χ3v) is 3.74. The first-order valence-corrected chi connectivity index (χ1v) is 7.24. The third kappa shape index (κ3) is 4.35. The summed E-state index contributed by atoms with van der Waals surface area (Å²) in [5.41, 5.74) is -0.0823. The van der Waals surface area contributed by atoms with Crippen molar-refractivity contribution in [3.63, 3.8) is 0 Å². The second-order valence-electron chi connectivity index (χ2n) is 5.38. The summed E-state index contributed by atoms with van der Waals surface area (Å²) in [4.78, 5) is 21.0. The van der Waals surface area contributed by atoms with E-state index in [9.17, 15) is 4.79 Å². The third-order valence-electron chi connectivity index (χ3n) is 3.74. The molecule has 2 rings (SSSR count). The van der Waals surface area contributed by atoms with E-state index >= 15 is 0 Å². The Labute approximate surface area is 114 Å². The van der Waals surface area contributed by atoms with Crippen LogP contribution in [0.1, 0.15) is 32.5 Å². The number of piperidine rings is 1. The van der Waals surface area contributed by atoms with Crippen molar-refractivity contribution in [2.75, 3.05) is 31.5 Å². The van der Waals surface area contributed by atoms with E-state index < -0.39 is 0 Å². The standard InChI is InChI=1S/C14H24N4O/c1-3-12-16-13(10-14(19)17-12)15-6-9-18-7-4-11(2)5-8-18/h10-11H,3-9H2,1-2H3,(H2,15,16,17,19). The minimum atomic E-state index is -0.0823. The lowest BCUT2D eigenvalue weighted by atomic mass is 9.99. The van der Waals surface area contributed by atoms with Gasteiger partial charge in [-0.05, 0) is 31.8 Å². The maximum atomic E-state index is 11.4. The lowest BCUT2D eigenvalue weighted by Crippen LogP contribution is -2.36. The second-order valence-corrected chi connectivity index (χ2v) is 5.38. The molecule has 0 spiro atoms. The molecular formula is C14H24N4O. The highest BCUT2D eigenvalue weighted by Crippen LogP contribution is 2.15. The van der Waals surface area contributed by atoms with Gasteiger partial charge in [-0.1, -0.05) is 13.8 Å². The number of H-pyrrole nitrogens is 1. The van der Waals surface area contributed by atoms with Crippen LogP contribution in [0.2, 0.25) is 0 Å². The Morgan fingerprint density at radius 1 is 1.47 bits per heavy atom. The number of hydrogen-bond acceptors (Lipinski definition) is 4. The molecule has 5 heteroatoms. The molecule has 0 aromatic carbocycles. The highest BCUT2D eigenvalue weighted by Gasteiger charge is 2.14. The SMILES string of the molecule is CCc1nc(NCCN2CCC(C)CC2)cc(=O)[nH]1. The van der Waals surface area contributed by atoms with E-state index in [0.717, 1.165) is 31.3 Å². The van der Waals surface area contributed by atoms with Crippen LogP contribution in [0.15, 0.2) is 10.9 Å². The number of nitrogens with zero attached hydrogens (tertiary/aromatic N) is 2. The van der Waals surface area contributed by atoms with Gasteiger partial charge in [-0.3, -0.25) is 4.79 Å². The molecule has 0 amide bonds. The number of aromatic amines is 1. The number of hydrogen-bond donors (Lipinski definition) is 2. The highest BCUT2D eigenvalue weighted by molar-refractivity contribution is 5.32. The molecule has 1 aromatic heterocycles. The number of likely N-dealkylation sites (tertiary alicyclic amines) is 1. The molecule has 19 heavy (non-hydrogen) atoms. The quantitative estimate of drug-likeness (QED) is 0.845. The van der Waals surface area contributed by atoms with Gasteiger partial charge >= 0.3 is 0 Å². The monoisotopic (exact) mass is 264 g/mol. The van der Waals surface area contributed by atoms with Crippen LogP contribution in [0.4, 0.5) is 5.82 Å². The molecular weight excluding hydrogens is 240 g/mol. The van der Waals surface area contributed by atoms with Crippen LogP contribution in [0.5, 0.6) is 0 Å². The maximum absolute atomic E-state index is 11.4. The molecule has 0 radical (unpaired) electrons. The van der Waals surface area contributed by atoms with Gasteiger partial charge in [0.05, 0.1) is 0 Å². The smallest absolute Gasteiger partial charge is 0.252 e. The maximum Gasteiger partial charge on any atom is 0.252 e. The fraction of sp³-hybridized carbons (Fsp3) is 0.714. The van der Waals surface area contributed by atoms with Crippen LogP contribution in [0.3, 0.4) is 0 Å². The fourth-order valence-corrected chi connectivity index (χ4v) is 2.39. The van der Waals surface area contributed by atoms with Crippen molar-refractivity contribution in [3.05, 3.63) is 22.2 Å². The highest BCUT2D eigenvalue weighted by atomic mass is 16.1. The second kappa shape index (κ2) is 6.70. The zero-order chi connectivity index (χ0) is 13.7. The van der Waals surface area contributed by atoms with Crippen molar-refractivity contribution in [1.82, 2.24) is 14.9 Å². The summed E-state index contributed by atoms with van der Waals surface area (Å²) in [6.45, 7) is 8.54. The number of anilines is 1. The molecule has 2 heterocycles. The minimum absolute atomic E-state index is 0.0823. The molecule has 0 atom stereocenters. The van der Waals surface area contributed by atoms with Gasteiger partial charge in [-0.15, -0.1) is 0 Å². The summed E-state index contributed by atoms with van der Waals surface area (Å²) in [6.07, 6.45) is 3.33. The predicted octanol–water partition coefficient (Wildman–Crippen LogP) is 1.48. The van der Waals surface area contributed by atoms with Crippen molar-refractivity contribution in [3.8, 4) is 0 Å². The van der Waals surface area contributed by atoms with Crippen LogP contribution in [-0.4, -0.2) is 41.0 Å². The van der Waals surface area contributed by atoms with Gasteiger partial charge in [0.1, 0.15) is 11.6 Å². The first-order chi connectivity index (χ1) is 9.17. The molecule has 1 saturated heterocycles. The first-order valence-electron chi connectivity index (χ1n) is 7.24. The van der Waals surface area contributed by atoms with Crippen molar-refractivity contribution in [2.24, 2.45) is 5.92 Å². The van der Waals surface area contributed by atoms with Crippen LogP contribution >= 0.6 is 0 Å². The Hall–Kier alpha value is -1.36. The summed E-state index contributed by atoms with van der Waals surface area (Å²) in [5, 5.41) is 3.25. The van der Waals surface area contributed by atoms with E-state index in [-0.39, 0.29) is 5.56 Å². The van der Waals surface area contributed by atoms with Gasteiger partial charge < -0.3 is 15.2 Å². The lowest BCUT2D eigenvalue weighted by molar-refractivity contribution is 0.199. The Balaban J connectivity index is 1.79. The van der Waals surface area contributed by atoms with Gasteiger partial charge in [0.15, 0.2) is 0 Å². The topological polar surface area (TPSA) is 61.0 Å². The summed E-state index contributed by atoms with van der Waals surface area (Å²) >= 11 is 0. The number of aryl methyl sites for hydroxylation is 1. The van der Waals surface area contributed by atoms with E-state index in [1.54, 1.807) is 0 Å². The number of nitrogens with one attached hydrogen (secondary N) is 2. The Kier molecular flexibility index (Phi) is 4.96. The molecule has 2 N–H and O–H groups in total. The molecule has 0 unspecified atom stereocenters. The molecule has 1 aliphatic heterocycles. The molecule has 1 aromatic rings. The lowest BCUT2D eigenvalue weighted by Gasteiger charge is -2.30.